The van der Waals surface area contributed by atoms with Gasteiger partial charge < -0.3 is 5.32 Å². The highest BCUT2D eigenvalue weighted by molar-refractivity contribution is 7.89. The molecule has 152 valence electrons. The Hall–Kier alpha value is -2.29. The molecule has 0 bridgehead atoms. The standard InChI is InChI=1S/C21H23N3O3S2/c1-15-10-12-24(13-11-15)29(26,27)17-8-6-16(7-9-17)19(25)14-22-21-23-18-4-2-3-5-20(18)28-21/h2-9,15H,10-14H2,1H3,(H,22,23). The summed E-state index contributed by atoms with van der Waals surface area (Å²) in [6.07, 6.45) is 1.76. The Morgan fingerprint density at radius 3 is 2.52 bits per heavy atom. The smallest absolute Gasteiger partial charge is 0.243 e. The quantitative estimate of drug-likeness (QED) is 0.599. The molecule has 0 amide bonds. The van der Waals surface area contributed by atoms with E-state index >= 15 is 0 Å². The lowest BCUT2D eigenvalue weighted by Gasteiger charge is -2.29. The van der Waals surface area contributed by atoms with Crippen LogP contribution in [0.1, 0.15) is 30.1 Å². The minimum atomic E-state index is -3.50. The topological polar surface area (TPSA) is 79.4 Å². The van der Waals surface area contributed by atoms with Crippen LogP contribution in [0.25, 0.3) is 10.2 Å². The monoisotopic (exact) mass is 429 g/mol. The number of hydrogen-bond donors (Lipinski definition) is 1. The number of nitrogens with one attached hydrogen (secondary N) is 1. The molecule has 0 saturated carbocycles. The molecule has 6 nitrogen and oxygen atoms in total. The summed E-state index contributed by atoms with van der Waals surface area (Å²) in [4.78, 5) is 17.2. The van der Waals surface area contributed by atoms with Crippen molar-refractivity contribution in [1.29, 1.82) is 0 Å². The number of anilines is 1. The van der Waals surface area contributed by atoms with Crippen LogP contribution in [0.3, 0.4) is 0 Å². The minimum Gasteiger partial charge on any atom is -0.354 e. The van der Waals surface area contributed by atoms with Gasteiger partial charge >= 0.3 is 0 Å². The maximum absolute atomic E-state index is 12.8. The number of sulfonamides is 1. The number of fused-ring (bicyclic) bond motifs is 1. The highest BCUT2D eigenvalue weighted by Crippen LogP contribution is 2.26. The zero-order chi connectivity index (χ0) is 20.4. The van der Waals surface area contributed by atoms with Gasteiger partial charge in [-0.15, -0.1) is 0 Å². The Morgan fingerprint density at radius 2 is 1.83 bits per heavy atom. The van der Waals surface area contributed by atoms with E-state index in [1.807, 2.05) is 24.3 Å². The SMILES string of the molecule is CC1CCN(S(=O)(=O)c2ccc(C(=O)CNc3nc4ccccc4s3)cc2)CC1. The average molecular weight is 430 g/mol. The third-order valence-electron chi connectivity index (χ3n) is 5.25. The number of thiazole rings is 1. The molecule has 1 fully saturated rings. The molecular weight excluding hydrogens is 406 g/mol. The zero-order valence-electron chi connectivity index (χ0n) is 16.2. The van der Waals surface area contributed by atoms with Crippen LogP contribution >= 0.6 is 11.3 Å². The van der Waals surface area contributed by atoms with Gasteiger partial charge in [-0.1, -0.05) is 30.4 Å². The molecule has 0 unspecified atom stereocenters. The zero-order valence-corrected chi connectivity index (χ0v) is 17.8. The number of nitrogens with zero attached hydrogens (tertiary/aromatic N) is 2. The van der Waals surface area contributed by atoms with Gasteiger partial charge in [0, 0.05) is 18.7 Å². The average Bonchev–Trinajstić information content (AvgIpc) is 3.15. The second-order valence-electron chi connectivity index (χ2n) is 7.37. The van der Waals surface area contributed by atoms with Crippen LogP contribution in [0.4, 0.5) is 5.13 Å². The molecule has 1 saturated heterocycles. The van der Waals surface area contributed by atoms with Crippen molar-refractivity contribution in [1.82, 2.24) is 9.29 Å². The first-order valence-corrected chi connectivity index (χ1v) is 11.9. The number of benzene rings is 2. The molecule has 0 atom stereocenters. The first-order valence-electron chi connectivity index (χ1n) is 9.66. The fourth-order valence-corrected chi connectivity index (χ4v) is 5.72. The maximum atomic E-state index is 12.8. The van der Waals surface area contributed by atoms with Gasteiger partial charge in [0.2, 0.25) is 10.0 Å². The lowest BCUT2D eigenvalue weighted by Crippen LogP contribution is -2.37. The molecule has 8 heteroatoms. The van der Waals surface area contributed by atoms with Crippen LogP contribution in [0.5, 0.6) is 0 Å². The Morgan fingerprint density at radius 1 is 1.14 bits per heavy atom. The molecule has 1 N–H and O–H groups in total. The van der Waals surface area contributed by atoms with E-state index in [2.05, 4.69) is 17.2 Å². The van der Waals surface area contributed by atoms with E-state index in [9.17, 15) is 13.2 Å². The van der Waals surface area contributed by atoms with E-state index in [1.165, 1.54) is 23.5 Å². The summed E-state index contributed by atoms with van der Waals surface area (Å²) in [5.74, 6) is 0.448. The molecule has 29 heavy (non-hydrogen) atoms. The number of rotatable bonds is 6. The lowest BCUT2D eigenvalue weighted by molar-refractivity contribution is 0.101. The first-order chi connectivity index (χ1) is 13.9. The number of aromatic nitrogens is 1. The lowest BCUT2D eigenvalue weighted by atomic mass is 10.0. The van der Waals surface area contributed by atoms with Crippen molar-refractivity contribution in [2.24, 2.45) is 5.92 Å². The van der Waals surface area contributed by atoms with Crippen molar-refractivity contribution in [3.63, 3.8) is 0 Å². The van der Waals surface area contributed by atoms with Crippen molar-refractivity contribution < 1.29 is 13.2 Å². The summed E-state index contributed by atoms with van der Waals surface area (Å²) in [5, 5.41) is 3.76. The Kier molecular flexibility index (Phi) is 5.67. The maximum Gasteiger partial charge on any atom is 0.243 e. The highest BCUT2D eigenvalue weighted by Gasteiger charge is 2.28. The van der Waals surface area contributed by atoms with Crippen LogP contribution in [-0.2, 0) is 10.0 Å². The molecular formula is C21H23N3O3S2. The molecule has 2 aromatic carbocycles. The Labute approximate surface area is 174 Å². The molecule has 4 rings (SSSR count). The van der Waals surface area contributed by atoms with Crippen LogP contribution in [-0.4, -0.2) is 43.1 Å². The summed E-state index contributed by atoms with van der Waals surface area (Å²) in [6, 6.07) is 14.0. The van der Waals surface area contributed by atoms with Crippen molar-refractivity contribution in [3.8, 4) is 0 Å². The predicted octanol–water partition coefficient (Wildman–Crippen LogP) is 4.01. The Bertz CT molecular complexity index is 1080. The number of piperidine rings is 1. The normalized spacial score (nSPS) is 16.2. The summed E-state index contributed by atoms with van der Waals surface area (Å²) in [6.45, 7) is 3.36. The van der Waals surface area contributed by atoms with Crippen LogP contribution in [0.2, 0.25) is 0 Å². The van der Waals surface area contributed by atoms with E-state index in [1.54, 1.807) is 16.4 Å². The number of carbonyl (C=O) groups excluding carboxylic acids is 1. The number of Topliss-reactive ketones (excluding diaryl/α,β-unsaturated/α-hetero) is 1. The van der Waals surface area contributed by atoms with Gasteiger partial charge in [0.15, 0.2) is 10.9 Å². The molecule has 1 aliphatic rings. The molecule has 1 aliphatic heterocycles. The van der Waals surface area contributed by atoms with Crippen LogP contribution < -0.4 is 5.32 Å². The van der Waals surface area contributed by atoms with Crippen molar-refractivity contribution in [3.05, 3.63) is 54.1 Å². The first kappa shape index (κ1) is 20.0. The number of para-hydroxylation sites is 1. The second kappa shape index (κ2) is 8.22. The molecule has 0 aliphatic carbocycles. The van der Waals surface area contributed by atoms with Gasteiger partial charge in [0.05, 0.1) is 21.7 Å². The second-order valence-corrected chi connectivity index (χ2v) is 10.3. The number of hydrogen-bond acceptors (Lipinski definition) is 6. The molecule has 1 aromatic heterocycles. The van der Waals surface area contributed by atoms with Crippen molar-refractivity contribution >= 4 is 42.5 Å². The molecule has 0 radical (unpaired) electrons. The molecule has 3 aromatic rings. The van der Waals surface area contributed by atoms with Gasteiger partial charge in [-0.2, -0.15) is 4.31 Å². The van der Waals surface area contributed by atoms with Gasteiger partial charge in [0.25, 0.3) is 0 Å². The van der Waals surface area contributed by atoms with Gasteiger partial charge in [0.1, 0.15) is 0 Å². The fourth-order valence-electron chi connectivity index (χ4n) is 3.39. The van der Waals surface area contributed by atoms with E-state index in [4.69, 9.17) is 0 Å². The molecule has 0 spiro atoms. The van der Waals surface area contributed by atoms with Crippen molar-refractivity contribution in [2.45, 2.75) is 24.7 Å². The van der Waals surface area contributed by atoms with Crippen molar-refractivity contribution in [2.75, 3.05) is 25.0 Å². The van der Waals surface area contributed by atoms with E-state index < -0.39 is 10.0 Å². The predicted molar refractivity (Wildman–Crippen MR) is 116 cm³/mol. The largest absolute Gasteiger partial charge is 0.354 e. The summed E-state index contributed by atoms with van der Waals surface area (Å²) in [7, 11) is -3.50. The van der Waals surface area contributed by atoms with Gasteiger partial charge in [-0.05, 0) is 55.2 Å². The Balaban J connectivity index is 1.41. The number of carbonyl (C=O) groups is 1. The summed E-state index contributed by atoms with van der Waals surface area (Å²) in [5.41, 5.74) is 1.37. The summed E-state index contributed by atoms with van der Waals surface area (Å²) >= 11 is 1.50. The van der Waals surface area contributed by atoms with Crippen LogP contribution in [0, 0.1) is 5.92 Å². The molecule has 2 heterocycles. The van der Waals surface area contributed by atoms with E-state index in [0.717, 1.165) is 23.1 Å². The third-order valence-corrected chi connectivity index (χ3v) is 8.16. The van der Waals surface area contributed by atoms with Gasteiger partial charge in [-0.25, -0.2) is 13.4 Å². The third kappa shape index (κ3) is 4.34. The van der Waals surface area contributed by atoms with E-state index in [0.29, 0.717) is 29.7 Å². The number of ketones is 1. The highest BCUT2D eigenvalue weighted by atomic mass is 32.2. The van der Waals surface area contributed by atoms with Gasteiger partial charge in [-0.3, -0.25) is 4.79 Å². The van der Waals surface area contributed by atoms with E-state index in [-0.39, 0.29) is 17.2 Å². The van der Waals surface area contributed by atoms with Crippen LogP contribution in [0.15, 0.2) is 53.4 Å². The fraction of sp³-hybridized carbons (Fsp3) is 0.333. The summed E-state index contributed by atoms with van der Waals surface area (Å²) < 4.78 is 28.2. The minimum absolute atomic E-state index is 0.107.